The molecule has 6 nitrogen and oxygen atoms in total. The van der Waals surface area contributed by atoms with Crippen molar-refractivity contribution in [3.63, 3.8) is 0 Å². The Bertz CT molecular complexity index is 1110. The Kier molecular flexibility index (Phi) is 57.4. The molecular weight excluding hydrogens is 889 g/mol. The predicted molar refractivity (Wildman–Crippen MR) is 312 cm³/mol. The quantitative estimate of drug-likeness (QED) is 0.0343. The summed E-state index contributed by atoms with van der Waals surface area (Å²) < 4.78 is 17.0. The lowest BCUT2D eigenvalue weighted by Crippen LogP contribution is -2.30. The molecule has 0 saturated heterocycles. The minimum absolute atomic E-state index is 0.0617. The van der Waals surface area contributed by atoms with E-state index in [0.717, 1.165) is 69.6 Å². The zero-order valence-electron chi connectivity index (χ0n) is 49.6. The molecule has 6 heteroatoms. The second-order valence-corrected chi connectivity index (χ2v) is 23.5. The maximum atomic E-state index is 12.9. The SMILES string of the molecule is CCCCCCCCCCCCCCCCCCCCC(=O)OC[C@@H](COC(=O)CCCCCCCCCCCCCCCCCC(C)C)OC(=O)CCCCCCCCCCCCCCCCC(C)CC. The Morgan fingerprint density at radius 2 is 0.528 bits per heavy atom. The molecule has 0 amide bonds. The lowest BCUT2D eigenvalue weighted by Gasteiger charge is -2.18. The van der Waals surface area contributed by atoms with Crippen molar-refractivity contribution < 1.29 is 28.6 Å². The van der Waals surface area contributed by atoms with Gasteiger partial charge in [-0.25, -0.2) is 0 Å². The highest BCUT2D eigenvalue weighted by atomic mass is 16.6. The Balaban J connectivity index is 4.29. The van der Waals surface area contributed by atoms with Gasteiger partial charge in [-0.1, -0.05) is 336 Å². The largest absolute Gasteiger partial charge is 0.462 e. The third-order valence-corrected chi connectivity index (χ3v) is 15.6. The lowest BCUT2D eigenvalue weighted by atomic mass is 9.99. The first-order chi connectivity index (χ1) is 35.3. The van der Waals surface area contributed by atoms with E-state index in [9.17, 15) is 14.4 Å². The van der Waals surface area contributed by atoms with E-state index in [1.54, 1.807) is 0 Å². The van der Waals surface area contributed by atoms with Crippen molar-refractivity contribution in [2.75, 3.05) is 13.2 Å². The Labute approximate surface area is 450 Å². The highest BCUT2D eigenvalue weighted by Gasteiger charge is 2.19. The molecule has 72 heavy (non-hydrogen) atoms. The molecule has 0 fully saturated rings. The number of unbranched alkanes of at least 4 members (excludes halogenated alkanes) is 44. The van der Waals surface area contributed by atoms with Crippen LogP contribution in [0.3, 0.4) is 0 Å². The smallest absolute Gasteiger partial charge is 0.306 e. The van der Waals surface area contributed by atoms with Gasteiger partial charge in [0.05, 0.1) is 0 Å². The van der Waals surface area contributed by atoms with Gasteiger partial charge in [0.25, 0.3) is 0 Å². The molecule has 0 aliphatic carbocycles. The van der Waals surface area contributed by atoms with Gasteiger partial charge in [-0.05, 0) is 31.1 Å². The fourth-order valence-corrected chi connectivity index (χ4v) is 10.3. The minimum Gasteiger partial charge on any atom is -0.462 e. The Morgan fingerprint density at radius 1 is 0.292 bits per heavy atom. The van der Waals surface area contributed by atoms with Crippen LogP contribution >= 0.6 is 0 Å². The van der Waals surface area contributed by atoms with E-state index in [-0.39, 0.29) is 31.1 Å². The number of esters is 3. The molecule has 0 aliphatic rings. The van der Waals surface area contributed by atoms with Gasteiger partial charge in [-0.15, -0.1) is 0 Å². The highest BCUT2D eigenvalue weighted by Crippen LogP contribution is 2.19. The van der Waals surface area contributed by atoms with Crippen LogP contribution < -0.4 is 0 Å². The molecule has 0 aromatic carbocycles. The maximum absolute atomic E-state index is 12.9. The minimum atomic E-state index is -0.764. The average molecular weight is 1020 g/mol. The van der Waals surface area contributed by atoms with E-state index in [4.69, 9.17) is 14.2 Å². The first kappa shape index (κ1) is 70.4. The molecule has 0 aromatic rings. The lowest BCUT2D eigenvalue weighted by molar-refractivity contribution is -0.167. The first-order valence-electron chi connectivity index (χ1n) is 32.8. The van der Waals surface area contributed by atoms with Crippen LogP contribution in [-0.4, -0.2) is 37.2 Å². The monoisotopic (exact) mass is 1020 g/mol. The molecule has 0 aromatic heterocycles. The normalized spacial score (nSPS) is 12.4. The van der Waals surface area contributed by atoms with Crippen molar-refractivity contribution >= 4 is 17.9 Å². The summed E-state index contributed by atoms with van der Waals surface area (Å²) in [4.78, 5) is 38.4. The second-order valence-electron chi connectivity index (χ2n) is 23.5. The third kappa shape index (κ3) is 57.7. The van der Waals surface area contributed by atoms with Gasteiger partial charge in [0.15, 0.2) is 6.10 Å². The summed E-state index contributed by atoms with van der Waals surface area (Å²) in [7, 11) is 0. The van der Waals surface area contributed by atoms with Gasteiger partial charge >= 0.3 is 17.9 Å². The molecular formula is C66H128O6. The van der Waals surface area contributed by atoms with E-state index < -0.39 is 6.10 Å². The van der Waals surface area contributed by atoms with Crippen LogP contribution in [-0.2, 0) is 28.6 Å². The van der Waals surface area contributed by atoms with Crippen LogP contribution in [0.5, 0.6) is 0 Å². The molecule has 428 valence electrons. The van der Waals surface area contributed by atoms with Crippen LogP contribution in [0.15, 0.2) is 0 Å². The van der Waals surface area contributed by atoms with Crippen molar-refractivity contribution in [2.45, 2.75) is 381 Å². The molecule has 0 rings (SSSR count). The molecule has 2 atom stereocenters. The van der Waals surface area contributed by atoms with Crippen LogP contribution in [0.1, 0.15) is 375 Å². The first-order valence-corrected chi connectivity index (χ1v) is 32.8. The van der Waals surface area contributed by atoms with E-state index >= 15 is 0 Å². The van der Waals surface area contributed by atoms with Crippen molar-refractivity contribution in [3.05, 3.63) is 0 Å². The number of hydrogen-bond donors (Lipinski definition) is 0. The molecule has 0 spiro atoms. The average Bonchev–Trinajstić information content (AvgIpc) is 3.37. The fraction of sp³-hybridized carbons (Fsp3) is 0.955. The van der Waals surface area contributed by atoms with Gasteiger partial charge in [-0.3, -0.25) is 14.4 Å². The van der Waals surface area contributed by atoms with Crippen molar-refractivity contribution in [3.8, 4) is 0 Å². The number of ether oxygens (including phenoxy) is 3. The van der Waals surface area contributed by atoms with Crippen molar-refractivity contribution in [1.29, 1.82) is 0 Å². The Hall–Kier alpha value is -1.59. The van der Waals surface area contributed by atoms with Crippen LogP contribution in [0.4, 0.5) is 0 Å². The van der Waals surface area contributed by atoms with Gasteiger partial charge < -0.3 is 14.2 Å². The van der Waals surface area contributed by atoms with Crippen molar-refractivity contribution in [2.24, 2.45) is 11.8 Å². The molecule has 0 N–H and O–H groups in total. The number of rotatable bonds is 60. The van der Waals surface area contributed by atoms with Crippen LogP contribution in [0, 0.1) is 11.8 Å². The number of carbonyl (C=O) groups is 3. The van der Waals surface area contributed by atoms with Gasteiger partial charge in [0, 0.05) is 19.3 Å². The van der Waals surface area contributed by atoms with Gasteiger partial charge in [0.2, 0.25) is 0 Å². The maximum Gasteiger partial charge on any atom is 0.306 e. The Morgan fingerprint density at radius 3 is 0.792 bits per heavy atom. The van der Waals surface area contributed by atoms with E-state index in [2.05, 4.69) is 34.6 Å². The van der Waals surface area contributed by atoms with Gasteiger partial charge in [0.1, 0.15) is 13.2 Å². The highest BCUT2D eigenvalue weighted by molar-refractivity contribution is 5.71. The predicted octanol–water partition coefficient (Wildman–Crippen LogP) is 22.0. The summed E-state index contributed by atoms with van der Waals surface area (Å²) in [6.45, 7) is 11.5. The fourth-order valence-electron chi connectivity index (χ4n) is 10.3. The number of hydrogen-bond acceptors (Lipinski definition) is 6. The molecule has 0 radical (unpaired) electrons. The second kappa shape index (κ2) is 58.7. The van der Waals surface area contributed by atoms with E-state index in [0.29, 0.717) is 19.3 Å². The summed E-state index contributed by atoms with van der Waals surface area (Å²) in [5, 5.41) is 0. The standard InChI is InChI=1S/C66H128O6/c1-6-8-9-10-11-12-13-14-15-16-17-20-26-31-36-41-46-51-56-64(67)70-59-63(72-66(69)58-53-48-43-38-33-28-23-22-25-30-35-40-45-50-55-62(5)7-2)60-71-65(68)57-52-47-42-37-32-27-21-18-19-24-29-34-39-44-49-54-61(3)4/h61-63H,6-60H2,1-5H3/t62?,63-/m0/s1. The summed E-state index contributed by atoms with van der Waals surface area (Å²) in [5.74, 6) is 0.914. The molecule has 1 unspecified atom stereocenters. The molecule has 0 heterocycles. The zero-order chi connectivity index (χ0) is 52.5. The topological polar surface area (TPSA) is 78.9 Å². The summed E-state index contributed by atoms with van der Waals surface area (Å²) in [6, 6.07) is 0. The summed E-state index contributed by atoms with van der Waals surface area (Å²) in [6.07, 6.45) is 65.3. The summed E-state index contributed by atoms with van der Waals surface area (Å²) in [5.41, 5.74) is 0. The van der Waals surface area contributed by atoms with Crippen LogP contribution in [0.25, 0.3) is 0 Å². The van der Waals surface area contributed by atoms with Crippen LogP contribution in [0.2, 0.25) is 0 Å². The van der Waals surface area contributed by atoms with Gasteiger partial charge in [-0.2, -0.15) is 0 Å². The molecule has 0 bridgehead atoms. The zero-order valence-corrected chi connectivity index (χ0v) is 49.6. The molecule has 0 aliphatic heterocycles. The van der Waals surface area contributed by atoms with Crippen molar-refractivity contribution in [1.82, 2.24) is 0 Å². The van der Waals surface area contributed by atoms with E-state index in [1.165, 1.54) is 263 Å². The number of carbonyl (C=O) groups excluding carboxylic acids is 3. The third-order valence-electron chi connectivity index (χ3n) is 15.6. The molecule has 0 saturated carbocycles. The van der Waals surface area contributed by atoms with E-state index in [1.807, 2.05) is 0 Å². The summed E-state index contributed by atoms with van der Waals surface area (Å²) >= 11 is 0.